The normalized spacial score (nSPS) is 17.2. The maximum Gasteiger partial charge on any atom is 0.270 e. The number of rotatable bonds is 2. The van der Waals surface area contributed by atoms with Gasteiger partial charge in [-0.05, 0) is 18.6 Å². The first kappa shape index (κ1) is 15.8. The van der Waals surface area contributed by atoms with E-state index in [4.69, 9.17) is 5.73 Å². The standard InChI is InChI=1S/C19H19N7O/c1-24-14-5-3-2-4-12(14)8-15(24)19(27)25-7-6-13(9-25)26-11-23-16-17(20)21-10-22-18(16)26/h2-5,8,10-11,13H,6-7,9H2,1H3,(H2,20,21,22). The van der Waals surface area contributed by atoms with E-state index in [1.165, 1.54) is 6.33 Å². The highest BCUT2D eigenvalue weighted by Crippen LogP contribution is 2.28. The van der Waals surface area contributed by atoms with E-state index in [2.05, 4.69) is 15.0 Å². The first-order chi connectivity index (χ1) is 13.1. The summed E-state index contributed by atoms with van der Waals surface area (Å²) >= 11 is 0. The van der Waals surface area contributed by atoms with E-state index in [-0.39, 0.29) is 11.9 Å². The van der Waals surface area contributed by atoms with Crippen molar-refractivity contribution in [2.24, 2.45) is 7.05 Å². The number of nitrogens with zero attached hydrogens (tertiary/aromatic N) is 6. The maximum atomic E-state index is 13.1. The van der Waals surface area contributed by atoms with Crippen LogP contribution in [-0.4, -0.2) is 48.0 Å². The largest absolute Gasteiger partial charge is 0.382 e. The van der Waals surface area contributed by atoms with Crippen molar-refractivity contribution in [3.8, 4) is 0 Å². The number of aryl methyl sites for hydroxylation is 1. The Morgan fingerprint density at radius 2 is 2.07 bits per heavy atom. The Morgan fingerprint density at radius 1 is 1.22 bits per heavy atom. The average molecular weight is 361 g/mol. The van der Waals surface area contributed by atoms with Gasteiger partial charge in [0.25, 0.3) is 5.91 Å². The Labute approximate surface area is 155 Å². The van der Waals surface area contributed by atoms with Gasteiger partial charge in [0.1, 0.15) is 17.5 Å². The summed E-state index contributed by atoms with van der Waals surface area (Å²) in [6, 6.07) is 10.1. The number of carbonyl (C=O) groups excluding carboxylic acids is 1. The summed E-state index contributed by atoms with van der Waals surface area (Å²) < 4.78 is 3.97. The van der Waals surface area contributed by atoms with Crippen LogP contribution in [0.1, 0.15) is 23.0 Å². The van der Waals surface area contributed by atoms with E-state index in [1.54, 1.807) is 6.33 Å². The number of hydrogen-bond acceptors (Lipinski definition) is 5. The van der Waals surface area contributed by atoms with Crippen LogP contribution in [-0.2, 0) is 7.05 Å². The quantitative estimate of drug-likeness (QED) is 0.589. The van der Waals surface area contributed by atoms with E-state index < -0.39 is 0 Å². The Kier molecular flexibility index (Phi) is 3.40. The number of hydrogen-bond donors (Lipinski definition) is 1. The zero-order chi connectivity index (χ0) is 18.5. The fourth-order valence-electron chi connectivity index (χ4n) is 3.95. The van der Waals surface area contributed by atoms with Gasteiger partial charge in [-0.1, -0.05) is 18.2 Å². The summed E-state index contributed by atoms with van der Waals surface area (Å²) in [6.45, 7) is 1.32. The number of imidazole rings is 1. The number of para-hydroxylation sites is 1. The summed E-state index contributed by atoms with van der Waals surface area (Å²) in [6.07, 6.45) is 4.04. The fraction of sp³-hybridized carbons (Fsp3) is 0.263. The molecule has 0 saturated carbocycles. The molecule has 1 fully saturated rings. The molecular weight excluding hydrogens is 342 g/mol. The van der Waals surface area contributed by atoms with Crippen LogP contribution in [0, 0.1) is 0 Å². The van der Waals surface area contributed by atoms with Crippen molar-refractivity contribution in [3.05, 3.63) is 48.7 Å². The van der Waals surface area contributed by atoms with Crippen LogP contribution in [0.15, 0.2) is 43.0 Å². The minimum absolute atomic E-state index is 0.0507. The zero-order valence-corrected chi connectivity index (χ0v) is 14.9. The van der Waals surface area contributed by atoms with Crippen LogP contribution in [0.3, 0.4) is 0 Å². The van der Waals surface area contributed by atoms with Gasteiger partial charge in [0.15, 0.2) is 11.5 Å². The highest BCUT2D eigenvalue weighted by Gasteiger charge is 2.30. The molecule has 3 aromatic heterocycles. The third kappa shape index (κ3) is 2.37. The number of nitrogen functional groups attached to an aromatic ring is 1. The Balaban J connectivity index is 1.43. The number of nitrogens with two attached hydrogens (primary N) is 1. The molecule has 0 bridgehead atoms. The third-order valence-corrected chi connectivity index (χ3v) is 5.40. The lowest BCUT2D eigenvalue weighted by Gasteiger charge is -2.17. The molecule has 27 heavy (non-hydrogen) atoms. The Hall–Kier alpha value is -3.42. The van der Waals surface area contributed by atoms with Crippen molar-refractivity contribution >= 4 is 33.8 Å². The number of likely N-dealkylation sites (tertiary alicyclic amines) is 1. The molecule has 8 heteroatoms. The van der Waals surface area contributed by atoms with Crippen molar-refractivity contribution in [2.75, 3.05) is 18.8 Å². The lowest BCUT2D eigenvalue weighted by Crippen LogP contribution is -2.30. The monoisotopic (exact) mass is 361 g/mol. The summed E-state index contributed by atoms with van der Waals surface area (Å²) in [4.78, 5) is 27.6. The van der Waals surface area contributed by atoms with Crippen molar-refractivity contribution in [3.63, 3.8) is 0 Å². The second-order valence-electron chi connectivity index (χ2n) is 6.92. The Morgan fingerprint density at radius 3 is 2.93 bits per heavy atom. The number of anilines is 1. The highest BCUT2D eigenvalue weighted by atomic mass is 16.2. The first-order valence-corrected chi connectivity index (χ1v) is 8.90. The summed E-state index contributed by atoms with van der Waals surface area (Å²) in [7, 11) is 1.94. The molecule has 0 aliphatic carbocycles. The smallest absolute Gasteiger partial charge is 0.270 e. The van der Waals surface area contributed by atoms with Gasteiger partial charge in [0, 0.05) is 31.0 Å². The molecule has 0 radical (unpaired) electrons. The van der Waals surface area contributed by atoms with E-state index in [9.17, 15) is 4.79 Å². The molecule has 4 heterocycles. The predicted octanol–water partition coefficient (Wildman–Crippen LogP) is 1.99. The van der Waals surface area contributed by atoms with Crippen LogP contribution < -0.4 is 5.73 Å². The molecule has 1 aromatic carbocycles. The van der Waals surface area contributed by atoms with Gasteiger partial charge in [0.2, 0.25) is 0 Å². The van der Waals surface area contributed by atoms with Crippen LogP contribution >= 0.6 is 0 Å². The number of amides is 1. The molecule has 1 aliphatic heterocycles. The highest BCUT2D eigenvalue weighted by molar-refractivity contribution is 5.98. The van der Waals surface area contributed by atoms with Gasteiger partial charge in [-0.3, -0.25) is 4.79 Å². The average Bonchev–Trinajstić information content (AvgIpc) is 3.39. The first-order valence-electron chi connectivity index (χ1n) is 8.90. The van der Waals surface area contributed by atoms with Gasteiger partial charge in [-0.25, -0.2) is 15.0 Å². The molecule has 5 rings (SSSR count). The molecule has 136 valence electrons. The van der Waals surface area contributed by atoms with E-state index in [0.717, 1.165) is 17.3 Å². The molecule has 1 aliphatic rings. The van der Waals surface area contributed by atoms with Crippen LogP contribution in [0.25, 0.3) is 22.1 Å². The molecule has 2 N–H and O–H groups in total. The molecule has 8 nitrogen and oxygen atoms in total. The van der Waals surface area contributed by atoms with Gasteiger partial charge in [-0.15, -0.1) is 0 Å². The summed E-state index contributed by atoms with van der Waals surface area (Å²) in [5, 5.41) is 1.08. The Bertz CT molecular complexity index is 1180. The minimum atomic E-state index is 0.0507. The zero-order valence-electron chi connectivity index (χ0n) is 14.9. The number of aromatic nitrogens is 5. The molecule has 4 aromatic rings. The number of carbonyl (C=O) groups is 1. The van der Waals surface area contributed by atoms with E-state index >= 15 is 0 Å². The molecule has 1 unspecified atom stereocenters. The second kappa shape index (κ2) is 5.80. The molecule has 1 saturated heterocycles. The van der Waals surface area contributed by atoms with Crippen molar-refractivity contribution in [1.82, 2.24) is 29.0 Å². The SMILES string of the molecule is Cn1c(C(=O)N2CCC(n3cnc4c(N)ncnc43)C2)cc2ccccc21. The molecular formula is C19H19N7O. The molecule has 1 amide bonds. The van der Waals surface area contributed by atoms with Crippen molar-refractivity contribution < 1.29 is 4.79 Å². The summed E-state index contributed by atoms with van der Waals surface area (Å²) in [5.41, 5.74) is 8.97. The van der Waals surface area contributed by atoms with Crippen molar-refractivity contribution in [1.29, 1.82) is 0 Å². The topological polar surface area (TPSA) is 94.9 Å². The van der Waals surface area contributed by atoms with E-state index in [0.29, 0.717) is 35.8 Å². The fourth-order valence-corrected chi connectivity index (χ4v) is 3.95. The second-order valence-corrected chi connectivity index (χ2v) is 6.92. The summed E-state index contributed by atoms with van der Waals surface area (Å²) in [5.74, 6) is 0.426. The van der Waals surface area contributed by atoms with Gasteiger partial charge in [0.05, 0.1) is 12.4 Å². The van der Waals surface area contributed by atoms with Crippen molar-refractivity contribution in [2.45, 2.75) is 12.5 Å². The maximum absolute atomic E-state index is 13.1. The lowest BCUT2D eigenvalue weighted by molar-refractivity contribution is 0.0779. The van der Waals surface area contributed by atoms with Gasteiger partial charge in [-0.2, -0.15) is 0 Å². The van der Waals surface area contributed by atoms with Crippen LogP contribution in [0.5, 0.6) is 0 Å². The van der Waals surface area contributed by atoms with E-state index in [1.807, 2.05) is 51.4 Å². The van der Waals surface area contributed by atoms with Gasteiger partial charge < -0.3 is 19.8 Å². The number of fused-ring (bicyclic) bond motifs is 2. The third-order valence-electron chi connectivity index (χ3n) is 5.40. The van der Waals surface area contributed by atoms with Crippen LogP contribution in [0.2, 0.25) is 0 Å². The molecule has 0 spiro atoms. The number of benzene rings is 1. The molecule has 1 atom stereocenters. The predicted molar refractivity (Wildman–Crippen MR) is 102 cm³/mol. The minimum Gasteiger partial charge on any atom is -0.382 e. The van der Waals surface area contributed by atoms with Gasteiger partial charge >= 0.3 is 0 Å². The van der Waals surface area contributed by atoms with Crippen LogP contribution in [0.4, 0.5) is 5.82 Å². The lowest BCUT2D eigenvalue weighted by atomic mass is 10.2.